The van der Waals surface area contributed by atoms with E-state index in [1.54, 1.807) is 0 Å². The molecule has 1 heteroatoms. The maximum absolute atomic E-state index is 5.26. The monoisotopic (exact) mass is 169 g/mol. The van der Waals surface area contributed by atoms with E-state index in [4.69, 9.17) is 12.8 Å². The molecule has 1 unspecified atom stereocenters. The van der Waals surface area contributed by atoms with E-state index in [0.29, 0.717) is 0 Å². The predicted octanol–water partition coefficient (Wildman–Crippen LogP) is 2.10. The minimum atomic E-state index is 0.0213. The first-order valence-corrected chi connectivity index (χ1v) is 4.05. The van der Waals surface area contributed by atoms with Crippen LogP contribution in [-0.4, -0.2) is 6.04 Å². The van der Waals surface area contributed by atoms with Crippen LogP contribution in [-0.2, 0) is 0 Å². The Balaban J connectivity index is 2.80. The number of terminal acetylenes is 2. The van der Waals surface area contributed by atoms with Crippen molar-refractivity contribution in [3.63, 3.8) is 0 Å². The molecule has 64 valence electrons. The van der Waals surface area contributed by atoms with Crippen molar-refractivity contribution in [3.8, 4) is 24.7 Å². The minimum absolute atomic E-state index is 0.0213. The summed E-state index contributed by atoms with van der Waals surface area (Å²) in [6.45, 7) is 1.92. The maximum atomic E-state index is 5.26. The van der Waals surface area contributed by atoms with Crippen LogP contribution in [0, 0.1) is 24.7 Å². The quantitative estimate of drug-likeness (QED) is 0.668. The smallest absolute Gasteiger partial charge is 0.0845 e. The lowest BCUT2D eigenvalue weighted by Crippen LogP contribution is -2.11. The molecule has 1 nitrogen and oxygen atoms in total. The van der Waals surface area contributed by atoms with Gasteiger partial charge in [0.2, 0.25) is 0 Å². The molecule has 1 rings (SSSR count). The number of hydrogen-bond donors (Lipinski definition) is 1. The van der Waals surface area contributed by atoms with Gasteiger partial charge in [-0.2, -0.15) is 0 Å². The number of benzene rings is 1. The third-order valence-corrected chi connectivity index (χ3v) is 1.66. The molecule has 0 saturated carbocycles. The Hall–Kier alpha value is -1.86. The Labute approximate surface area is 79.2 Å². The van der Waals surface area contributed by atoms with E-state index < -0.39 is 0 Å². The fourth-order valence-corrected chi connectivity index (χ4v) is 0.990. The lowest BCUT2D eigenvalue weighted by atomic mass is 10.2. The van der Waals surface area contributed by atoms with Crippen LogP contribution in [0.25, 0.3) is 0 Å². The predicted molar refractivity (Wildman–Crippen MR) is 56.3 cm³/mol. The van der Waals surface area contributed by atoms with Crippen molar-refractivity contribution in [2.75, 3.05) is 5.32 Å². The second-order valence-corrected chi connectivity index (χ2v) is 2.76. The maximum Gasteiger partial charge on any atom is 0.0845 e. The zero-order valence-corrected chi connectivity index (χ0v) is 7.54. The molecule has 0 bridgehead atoms. The van der Waals surface area contributed by atoms with Gasteiger partial charge in [0.25, 0.3) is 0 Å². The summed E-state index contributed by atoms with van der Waals surface area (Å²) in [7, 11) is 0. The van der Waals surface area contributed by atoms with E-state index in [1.165, 1.54) is 0 Å². The average molecular weight is 169 g/mol. The van der Waals surface area contributed by atoms with E-state index in [1.807, 2.05) is 31.2 Å². The zero-order chi connectivity index (χ0) is 9.68. The molecule has 0 heterocycles. The summed E-state index contributed by atoms with van der Waals surface area (Å²) in [5.41, 5.74) is 1.81. The largest absolute Gasteiger partial charge is 0.372 e. The van der Waals surface area contributed by atoms with Crippen LogP contribution in [0.4, 0.5) is 5.69 Å². The van der Waals surface area contributed by atoms with Crippen LogP contribution in [0.2, 0.25) is 0 Å². The van der Waals surface area contributed by atoms with Gasteiger partial charge in [0.1, 0.15) is 0 Å². The standard InChI is InChI=1S/C12H11N/c1-4-10(3)13-12-8-6-7-11(5-2)9-12/h1-2,6-10,13H,3H3. The lowest BCUT2D eigenvalue weighted by molar-refractivity contribution is 1.04. The highest BCUT2D eigenvalue weighted by atomic mass is 14.9. The fourth-order valence-electron chi connectivity index (χ4n) is 0.990. The van der Waals surface area contributed by atoms with Crippen molar-refractivity contribution >= 4 is 5.69 Å². The topological polar surface area (TPSA) is 12.0 Å². The molecule has 0 aromatic heterocycles. The molecule has 0 aliphatic rings. The van der Waals surface area contributed by atoms with Crippen molar-refractivity contribution in [2.24, 2.45) is 0 Å². The van der Waals surface area contributed by atoms with Gasteiger partial charge < -0.3 is 5.32 Å². The van der Waals surface area contributed by atoms with Gasteiger partial charge in [0.05, 0.1) is 6.04 Å². The van der Waals surface area contributed by atoms with Crippen LogP contribution < -0.4 is 5.32 Å². The van der Waals surface area contributed by atoms with Gasteiger partial charge in [-0.25, -0.2) is 0 Å². The Kier molecular flexibility index (Phi) is 3.01. The van der Waals surface area contributed by atoms with Gasteiger partial charge in [0.15, 0.2) is 0 Å². The normalized spacial score (nSPS) is 11.0. The van der Waals surface area contributed by atoms with Crippen LogP contribution in [0.3, 0.4) is 0 Å². The van der Waals surface area contributed by atoms with Gasteiger partial charge >= 0.3 is 0 Å². The van der Waals surface area contributed by atoms with E-state index in [0.717, 1.165) is 11.3 Å². The molecule has 13 heavy (non-hydrogen) atoms. The number of hydrogen-bond acceptors (Lipinski definition) is 1. The summed E-state index contributed by atoms with van der Waals surface area (Å²) >= 11 is 0. The van der Waals surface area contributed by atoms with Crippen LogP contribution in [0.1, 0.15) is 12.5 Å². The average Bonchev–Trinajstić information content (AvgIpc) is 2.18. The molecule has 0 spiro atoms. The Morgan fingerprint density at radius 1 is 1.38 bits per heavy atom. The summed E-state index contributed by atoms with van der Waals surface area (Å²) < 4.78 is 0. The van der Waals surface area contributed by atoms with Crippen molar-refractivity contribution in [2.45, 2.75) is 13.0 Å². The molecular formula is C12H11N. The van der Waals surface area contributed by atoms with Gasteiger partial charge in [-0.3, -0.25) is 0 Å². The fraction of sp³-hybridized carbons (Fsp3) is 0.167. The first-order valence-electron chi connectivity index (χ1n) is 4.05. The van der Waals surface area contributed by atoms with Gasteiger partial charge in [0, 0.05) is 11.3 Å². The Morgan fingerprint density at radius 3 is 2.77 bits per heavy atom. The summed E-state index contributed by atoms with van der Waals surface area (Å²) in [6, 6.07) is 7.64. The molecule has 1 aromatic carbocycles. The highest BCUT2D eigenvalue weighted by molar-refractivity contribution is 5.51. The van der Waals surface area contributed by atoms with E-state index in [9.17, 15) is 0 Å². The molecule has 0 saturated heterocycles. The molecule has 0 fully saturated rings. The molecule has 0 aliphatic heterocycles. The van der Waals surface area contributed by atoms with Crippen molar-refractivity contribution < 1.29 is 0 Å². The highest BCUT2D eigenvalue weighted by Crippen LogP contribution is 2.10. The zero-order valence-electron chi connectivity index (χ0n) is 7.54. The first-order chi connectivity index (χ1) is 6.26. The van der Waals surface area contributed by atoms with Gasteiger partial charge in [-0.05, 0) is 25.1 Å². The first kappa shape index (κ1) is 9.23. The number of nitrogens with one attached hydrogen (secondary N) is 1. The summed E-state index contributed by atoms with van der Waals surface area (Å²) in [5.74, 6) is 5.16. The van der Waals surface area contributed by atoms with Crippen LogP contribution in [0.5, 0.6) is 0 Å². The molecule has 1 N–H and O–H groups in total. The Morgan fingerprint density at radius 2 is 2.15 bits per heavy atom. The summed E-state index contributed by atoms with van der Waals surface area (Å²) in [5, 5.41) is 3.13. The number of anilines is 1. The van der Waals surface area contributed by atoms with Gasteiger partial charge in [-0.1, -0.05) is 17.9 Å². The molecule has 0 radical (unpaired) electrons. The lowest BCUT2D eigenvalue weighted by Gasteiger charge is -2.08. The third kappa shape index (κ3) is 2.58. The minimum Gasteiger partial charge on any atom is -0.372 e. The van der Waals surface area contributed by atoms with Crippen LogP contribution in [0.15, 0.2) is 24.3 Å². The summed E-state index contributed by atoms with van der Waals surface area (Å²) in [6.07, 6.45) is 10.5. The van der Waals surface area contributed by atoms with Gasteiger partial charge in [-0.15, -0.1) is 12.8 Å². The Bertz CT molecular complexity index is 365. The van der Waals surface area contributed by atoms with Crippen molar-refractivity contribution in [1.29, 1.82) is 0 Å². The highest BCUT2D eigenvalue weighted by Gasteiger charge is 1.96. The molecule has 0 aliphatic carbocycles. The van der Waals surface area contributed by atoms with E-state index in [2.05, 4.69) is 17.2 Å². The second-order valence-electron chi connectivity index (χ2n) is 2.76. The van der Waals surface area contributed by atoms with E-state index >= 15 is 0 Å². The van der Waals surface area contributed by atoms with E-state index in [-0.39, 0.29) is 6.04 Å². The molecular weight excluding hydrogens is 158 g/mol. The van der Waals surface area contributed by atoms with Crippen molar-refractivity contribution in [3.05, 3.63) is 29.8 Å². The second kappa shape index (κ2) is 4.24. The van der Waals surface area contributed by atoms with Crippen LogP contribution >= 0.6 is 0 Å². The SMILES string of the molecule is C#Cc1cccc(NC(C)C#C)c1. The molecule has 0 amide bonds. The molecule has 1 aromatic rings. The molecule has 1 atom stereocenters. The van der Waals surface area contributed by atoms with Crippen molar-refractivity contribution in [1.82, 2.24) is 0 Å². The number of rotatable bonds is 2. The summed E-state index contributed by atoms with van der Waals surface area (Å²) in [4.78, 5) is 0. The third-order valence-electron chi connectivity index (χ3n) is 1.66.